The van der Waals surface area contributed by atoms with E-state index in [4.69, 9.17) is 4.74 Å². The van der Waals surface area contributed by atoms with Gasteiger partial charge in [-0.05, 0) is 45.6 Å². The lowest BCUT2D eigenvalue weighted by Gasteiger charge is -2.59. The van der Waals surface area contributed by atoms with Gasteiger partial charge in [0.25, 0.3) is 0 Å². The second-order valence-corrected chi connectivity index (χ2v) is 7.58. The highest BCUT2D eigenvalue weighted by molar-refractivity contribution is 5.10. The second-order valence-electron chi connectivity index (χ2n) is 7.58. The van der Waals surface area contributed by atoms with Crippen LogP contribution in [-0.4, -0.2) is 48.3 Å². The third-order valence-electron chi connectivity index (χ3n) is 6.14. The van der Waals surface area contributed by atoms with Crippen molar-refractivity contribution in [1.82, 2.24) is 10.2 Å². The van der Waals surface area contributed by atoms with Gasteiger partial charge in [0.05, 0.1) is 6.10 Å². The lowest BCUT2D eigenvalue weighted by atomic mass is 9.63. The molecule has 20 heavy (non-hydrogen) atoms. The summed E-state index contributed by atoms with van der Waals surface area (Å²) in [5, 5.41) is 3.68. The summed E-state index contributed by atoms with van der Waals surface area (Å²) < 4.78 is 5.93. The summed E-state index contributed by atoms with van der Waals surface area (Å²) in [5.41, 5.74) is 0.335. The van der Waals surface area contributed by atoms with Crippen LogP contribution < -0.4 is 5.32 Å². The molecule has 2 bridgehead atoms. The summed E-state index contributed by atoms with van der Waals surface area (Å²) >= 11 is 0. The topological polar surface area (TPSA) is 24.5 Å². The molecule has 2 heterocycles. The fourth-order valence-electron chi connectivity index (χ4n) is 5.03. The fraction of sp³-hybridized carbons (Fsp3) is 1.00. The van der Waals surface area contributed by atoms with Crippen LogP contribution >= 0.6 is 0 Å². The molecule has 4 atom stereocenters. The molecule has 0 radical (unpaired) electrons. The number of ether oxygens (including phenoxy) is 1. The van der Waals surface area contributed by atoms with Crippen LogP contribution in [0.3, 0.4) is 0 Å². The van der Waals surface area contributed by atoms with Crippen LogP contribution in [0.4, 0.5) is 0 Å². The Morgan fingerprint density at radius 1 is 1.10 bits per heavy atom. The van der Waals surface area contributed by atoms with E-state index in [1.54, 1.807) is 0 Å². The highest BCUT2D eigenvalue weighted by Crippen LogP contribution is 2.51. The Labute approximate surface area is 124 Å². The molecular weight excluding hydrogens is 248 g/mol. The first-order chi connectivity index (χ1) is 9.57. The zero-order valence-electron chi connectivity index (χ0n) is 13.7. The monoisotopic (exact) mass is 280 g/mol. The van der Waals surface area contributed by atoms with E-state index in [1.165, 1.54) is 32.1 Å². The summed E-state index contributed by atoms with van der Waals surface area (Å²) in [6.45, 7) is 11.2. The van der Waals surface area contributed by atoms with Gasteiger partial charge in [-0.25, -0.2) is 0 Å². The van der Waals surface area contributed by atoms with Gasteiger partial charge < -0.3 is 10.1 Å². The zero-order chi connectivity index (χ0) is 14.3. The van der Waals surface area contributed by atoms with Crippen LogP contribution in [-0.2, 0) is 4.74 Å². The molecule has 1 N–H and O–H groups in total. The highest BCUT2D eigenvalue weighted by Gasteiger charge is 2.56. The largest absolute Gasteiger partial charge is 0.378 e. The van der Waals surface area contributed by atoms with Gasteiger partial charge in [-0.2, -0.15) is 0 Å². The molecule has 3 fully saturated rings. The van der Waals surface area contributed by atoms with Crippen molar-refractivity contribution in [2.75, 3.05) is 13.2 Å². The molecule has 1 saturated carbocycles. The first kappa shape index (κ1) is 14.8. The number of nitrogens with one attached hydrogen (secondary N) is 1. The molecule has 3 aliphatic rings. The van der Waals surface area contributed by atoms with E-state index in [-0.39, 0.29) is 0 Å². The molecule has 0 aromatic carbocycles. The molecule has 3 nitrogen and oxygen atoms in total. The molecule has 116 valence electrons. The maximum Gasteiger partial charge on any atom is 0.0655 e. The van der Waals surface area contributed by atoms with Crippen LogP contribution in [0, 0.1) is 5.41 Å². The number of nitrogens with zero attached hydrogens (tertiary/aromatic N) is 1. The maximum atomic E-state index is 5.93. The SMILES string of the molecule is CCNC1CC2CCC(C1)N2C1CC(OCC)C1(C)C. The Bertz CT molecular complexity index is 330. The maximum absolute atomic E-state index is 5.93. The van der Waals surface area contributed by atoms with E-state index >= 15 is 0 Å². The van der Waals surface area contributed by atoms with E-state index in [1.807, 2.05) is 0 Å². The van der Waals surface area contributed by atoms with Gasteiger partial charge in [0, 0.05) is 36.2 Å². The second kappa shape index (κ2) is 5.58. The summed E-state index contributed by atoms with van der Waals surface area (Å²) in [5.74, 6) is 0. The Morgan fingerprint density at radius 3 is 2.25 bits per heavy atom. The molecule has 0 aromatic rings. The van der Waals surface area contributed by atoms with Crippen LogP contribution in [0.5, 0.6) is 0 Å². The predicted octanol–water partition coefficient (Wildman–Crippen LogP) is 2.79. The Balaban J connectivity index is 1.65. The smallest absolute Gasteiger partial charge is 0.0655 e. The van der Waals surface area contributed by atoms with Crippen molar-refractivity contribution in [2.45, 2.75) is 90.1 Å². The van der Waals surface area contributed by atoms with Crippen molar-refractivity contribution in [2.24, 2.45) is 5.41 Å². The third kappa shape index (κ3) is 2.32. The predicted molar refractivity (Wildman–Crippen MR) is 82.9 cm³/mol. The van der Waals surface area contributed by atoms with Crippen molar-refractivity contribution in [1.29, 1.82) is 0 Å². The molecule has 0 amide bonds. The average molecular weight is 280 g/mol. The molecule has 2 saturated heterocycles. The van der Waals surface area contributed by atoms with Gasteiger partial charge in [-0.1, -0.05) is 20.8 Å². The highest BCUT2D eigenvalue weighted by atomic mass is 16.5. The molecule has 0 spiro atoms. The van der Waals surface area contributed by atoms with Crippen LogP contribution in [0.2, 0.25) is 0 Å². The minimum atomic E-state index is 0.335. The summed E-state index contributed by atoms with van der Waals surface area (Å²) in [6.07, 6.45) is 7.27. The van der Waals surface area contributed by atoms with Crippen molar-refractivity contribution < 1.29 is 4.74 Å². The van der Waals surface area contributed by atoms with E-state index in [9.17, 15) is 0 Å². The van der Waals surface area contributed by atoms with Crippen molar-refractivity contribution >= 4 is 0 Å². The lowest BCUT2D eigenvalue weighted by Crippen LogP contribution is -2.66. The van der Waals surface area contributed by atoms with Gasteiger partial charge in [0.1, 0.15) is 0 Å². The van der Waals surface area contributed by atoms with E-state index in [0.29, 0.717) is 11.5 Å². The summed E-state index contributed by atoms with van der Waals surface area (Å²) in [4.78, 5) is 2.89. The minimum Gasteiger partial charge on any atom is -0.378 e. The average Bonchev–Trinajstić information content (AvgIpc) is 2.65. The summed E-state index contributed by atoms with van der Waals surface area (Å²) in [6, 6.07) is 3.16. The molecule has 3 heteroatoms. The van der Waals surface area contributed by atoms with Crippen molar-refractivity contribution in [3.05, 3.63) is 0 Å². The number of piperidine rings is 1. The van der Waals surface area contributed by atoms with Crippen molar-refractivity contribution in [3.8, 4) is 0 Å². The molecular formula is C17H32N2O. The number of fused-ring (bicyclic) bond motifs is 2. The standard InChI is InChI=1S/C17H32N2O/c1-5-18-12-9-13-7-8-14(10-12)19(13)15-11-16(20-6-2)17(15,3)4/h12-16,18H,5-11H2,1-4H3. The normalized spacial score (nSPS) is 43.5. The van der Waals surface area contributed by atoms with Crippen LogP contribution in [0.15, 0.2) is 0 Å². The number of hydrogen-bond donors (Lipinski definition) is 1. The van der Waals surface area contributed by atoms with Gasteiger partial charge >= 0.3 is 0 Å². The molecule has 2 aliphatic heterocycles. The quantitative estimate of drug-likeness (QED) is 0.838. The Kier molecular flexibility index (Phi) is 4.13. The lowest BCUT2D eigenvalue weighted by molar-refractivity contribution is -0.165. The van der Waals surface area contributed by atoms with Crippen LogP contribution in [0.25, 0.3) is 0 Å². The Hall–Kier alpha value is -0.120. The molecule has 1 aliphatic carbocycles. The third-order valence-corrected chi connectivity index (χ3v) is 6.14. The van der Waals surface area contributed by atoms with E-state index in [2.05, 4.69) is 37.9 Å². The van der Waals surface area contributed by atoms with Gasteiger partial charge in [-0.15, -0.1) is 0 Å². The van der Waals surface area contributed by atoms with Crippen molar-refractivity contribution in [3.63, 3.8) is 0 Å². The zero-order valence-corrected chi connectivity index (χ0v) is 13.7. The molecule has 4 unspecified atom stereocenters. The number of rotatable bonds is 5. The van der Waals surface area contributed by atoms with Crippen LogP contribution in [0.1, 0.15) is 59.8 Å². The molecule has 0 aromatic heterocycles. The fourth-order valence-corrected chi connectivity index (χ4v) is 5.03. The minimum absolute atomic E-state index is 0.335. The van der Waals surface area contributed by atoms with Gasteiger partial charge in [-0.3, -0.25) is 4.90 Å². The Morgan fingerprint density at radius 2 is 1.75 bits per heavy atom. The van der Waals surface area contributed by atoms with E-state index < -0.39 is 0 Å². The number of hydrogen-bond acceptors (Lipinski definition) is 3. The first-order valence-electron chi connectivity index (χ1n) is 8.70. The summed E-state index contributed by atoms with van der Waals surface area (Å²) in [7, 11) is 0. The van der Waals surface area contributed by atoms with E-state index in [0.717, 1.165) is 37.3 Å². The first-order valence-corrected chi connectivity index (χ1v) is 8.70. The van der Waals surface area contributed by atoms with Gasteiger partial charge in [0.15, 0.2) is 0 Å². The molecule has 3 rings (SSSR count). The van der Waals surface area contributed by atoms with Gasteiger partial charge in [0.2, 0.25) is 0 Å².